The van der Waals surface area contributed by atoms with Crippen molar-refractivity contribution >= 4 is 11.8 Å². The molecule has 25 heavy (non-hydrogen) atoms. The Labute approximate surface area is 152 Å². The Morgan fingerprint density at radius 2 is 1.72 bits per heavy atom. The molecule has 0 heterocycles. The van der Waals surface area contributed by atoms with Gasteiger partial charge in [-0.1, -0.05) is 34.6 Å². The molecule has 1 aliphatic rings. The third-order valence-corrected chi connectivity index (χ3v) is 5.94. The third kappa shape index (κ3) is 4.82. The summed E-state index contributed by atoms with van der Waals surface area (Å²) in [4.78, 5) is 24.2. The standard InChI is InChI=1S/C20H36O5/c1-12(10-14(25-13(2)21)11-24-18(3,4)5)15-16(22)17(23)20(8,9)19(15,6)7/h12,14-15,17,23H,10-11H2,1-9H3/t12-,14-,15+,17+/m1/s1. The number of carbonyl (C=O) groups excluding carboxylic acids is 2. The molecule has 0 bridgehead atoms. The lowest BCUT2D eigenvalue weighted by Gasteiger charge is -2.41. The van der Waals surface area contributed by atoms with Gasteiger partial charge in [0, 0.05) is 18.3 Å². The van der Waals surface area contributed by atoms with E-state index in [-0.39, 0.29) is 34.6 Å². The number of hydrogen-bond donors (Lipinski definition) is 1. The maximum atomic E-state index is 12.7. The first-order valence-electron chi connectivity index (χ1n) is 9.14. The molecule has 1 saturated carbocycles. The van der Waals surface area contributed by atoms with E-state index in [1.54, 1.807) is 0 Å². The third-order valence-electron chi connectivity index (χ3n) is 5.94. The molecule has 0 spiro atoms. The highest BCUT2D eigenvalue weighted by atomic mass is 16.6. The van der Waals surface area contributed by atoms with Crippen molar-refractivity contribution in [3.05, 3.63) is 0 Å². The van der Waals surface area contributed by atoms with Crippen LogP contribution in [-0.2, 0) is 19.1 Å². The van der Waals surface area contributed by atoms with E-state index >= 15 is 0 Å². The molecule has 146 valence electrons. The number of esters is 1. The van der Waals surface area contributed by atoms with Crippen molar-refractivity contribution in [3.8, 4) is 0 Å². The van der Waals surface area contributed by atoms with Gasteiger partial charge in [-0.05, 0) is 38.5 Å². The van der Waals surface area contributed by atoms with Crippen LogP contribution < -0.4 is 0 Å². The number of hydrogen-bond acceptors (Lipinski definition) is 5. The summed E-state index contributed by atoms with van der Waals surface area (Å²) in [5, 5.41) is 10.4. The van der Waals surface area contributed by atoms with Gasteiger partial charge in [0.2, 0.25) is 0 Å². The highest BCUT2D eigenvalue weighted by Gasteiger charge is 2.60. The number of carbonyl (C=O) groups is 2. The summed E-state index contributed by atoms with van der Waals surface area (Å²) in [5.41, 5.74) is -1.18. The van der Waals surface area contributed by atoms with Crippen molar-refractivity contribution in [2.75, 3.05) is 6.61 Å². The Kier molecular flexibility index (Phi) is 6.50. The van der Waals surface area contributed by atoms with E-state index in [0.717, 1.165) is 0 Å². The van der Waals surface area contributed by atoms with E-state index in [4.69, 9.17) is 9.47 Å². The smallest absolute Gasteiger partial charge is 0.302 e. The van der Waals surface area contributed by atoms with Crippen LogP contribution in [0.1, 0.15) is 68.7 Å². The van der Waals surface area contributed by atoms with Gasteiger partial charge in [-0.3, -0.25) is 9.59 Å². The van der Waals surface area contributed by atoms with Gasteiger partial charge in [-0.25, -0.2) is 0 Å². The van der Waals surface area contributed by atoms with Crippen molar-refractivity contribution in [1.29, 1.82) is 0 Å². The van der Waals surface area contributed by atoms with Gasteiger partial charge < -0.3 is 14.6 Å². The average molecular weight is 357 g/mol. The van der Waals surface area contributed by atoms with Crippen LogP contribution in [0.5, 0.6) is 0 Å². The monoisotopic (exact) mass is 356 g/mol. The van der Waals surface area contributed by atoms with Crippen molar-refractivity contribution in [2.45, 2.75) is 86.5 Å². The molecule has 0 aromatic heterocycles. The van der Waals surface area contributed by atoms with Crippen LogP contribution in [0.4, 0.5) is 0 Å². The fourth-order valence-corrected chi connectivity index (χ4v) is 3.90. The van der Waals surface area contributed by atoms with E-state index in [2.05, 4.69) is 0 Å². The van der Waals surface area contributed by atoms with Gasteiger partial charge in [0.1, 0.15) is 12.2 Å². The minimum Gasteiger partial charge on any atom is -0.460 e. The molecule has 0 aliphatic heterocycles. The van der Waals surface area contributed by atoms with E-state index in [1.165, 1.54) is 6.92 Å². The fourth-order valence-electron chi connectivity index (χ4n) is 3.90. The molecule has 0 amide bonds. The van der Waals surface area contributed by atoms with Gasteiger partial charge in [-0.2, -0.15) is 0 Å². The quantitative estimate of drug-likeness (QED) is 0.739. The van der Waals surface area contributed by atoms with E-state index in [9.17, 15) is 14.7 Å². The molecule has 1 fully saturated rings. The lowest BCUT2D eigenvalue weighted by Crippen LogP contribution is -2.39. The molecule has 1 aliphatic carbocycles. The van der Waals surface area contributed by atoms with Gasteiger partial charge in [0.05, 0.1) is 12.2 Å². The molecule has 5 heteroatoms. The first-order valence-corrected chi connectivity index (χ1v) is 9.14. The van der Waals surface area contributed by atoms with Gasteiger partial charge in [0.25, 0.3) is 0 Å². The van der Waals surface area contributed by atoms with Crippen LogP contribution >= 0.6 is 0 Å². The molecule has 0 unspecified atom stereocenters. The minimum atomic E-state index is -0.965. The number of Topliss-reactive ketones (excluding diaryl/α,β-unsaturated/α-hetero) is 1. The van der Waals surface area contributed by atoms with Crippen molar-refractivity contribution in [2.24, 2.45) is 22.7 Å². The summed E-state index contributed by atoms with van der Waals surface area (Å²) in [6, 6.07) is 0. The molecular weight excluding hydrogens is 320 g/mol. The lowest BCUT2D eigenvalue weighted by molar-refractivity contribution is -0.154. The first-order chi connectivity index (χ1) is 11.1. The normalized spacial score (nSPS) is 27.8. The van der Waals surface area contributed by atoms with Crippen LogP contribution in [0.25, 0.3) is 0 Å². The molecule has 1 rings (SSSR count). The molecule has 0 saturated heterocycles. The first kappa shape index (κ1) is 22.1. The zero-order valence-electron chi connectivity index (χ0n) is 17.3. The molecule has 4 atom stereocenters. The zero-order valence-corrected chi connectivity index (χ0v) is 17.3. The van der Waals surface area contributed by atoms with Crippen molar-refractivity contribution < 1.29 is 24.2 Å². The summed E-state index contributed by atoms with van der Waals surface area (Å²) in [6.07, 6.45) is -0.845. The number of ketones is 1. The predicted octanol–water partition coefficient (Wildman–Crippen LogP) is 3.37. The lowest BCUT2D eigenvalue weighted by atomic mass is 9.63. The summed E-state index contributed by atoms with van der Waals surface area (Å²) in [7, 11) is 0. The maximum Gasteiger partial charge on any atom is 0.302 e. The second-order valence-electron chi connectivity index (χ2n) is 9.59. The Morgan fingerprint density at radius 3 is 2.08 bits per heavy atom. The SMILES string of the molecule is CC(=O)O[C@@H](COC(C)(C)C)C[C@@H](C)[C@H]1C(=O)[C@H](O)C(C)(C)C1(C)C. The highest BCUT2D eigenvalue weighted by molar-refractivity contribution is 5.90. The Balaban J connectivity index is 2.93. The number of rotatable bonds is 6. The second kappa shape index (κ2) is 7.36. The Morgan fingerprint density at radius 1 is 1.20 bits per heavy atom. The fraction of sp³-hybridized carbons (Fsp3) is 0.900. The van der Waals surface area contributed by atoms with Crippen molar-refractivity contribution in [3.63, 3.8) is 0 Å². The molecule has 1 N–H and O–H groups in total. The van der Waals surface area contributed by atoms with E-state index in [1.807, 2.05) is 55.4 Å². The summed E-state index contributed by atoms with van der Waals surface area (Å²) in [5.74, 6) is -0.787. The maximum absolute atomic E-state index is 12.7. The number of aliphatic hydroxyl groups is 1. The Bertz CT molecular complexity index is 501. The summed E-state index contributed by atoms with van der Waals surface area (Å²) >= 11 is 0. The molecule has 0 aromatic rings. The molecule has 0 aromatic carbocycles. The van der Waals surface area contributed by atoms with Gasteiger partial charge >= 0.3 is 5.97 Å². The van der Waals surface area contributed by atoms with Crippen LogP contribution in [0.15, 0.2) is 0 Å². The zero-order chi connectivity index (χ0) is 19.8. The average Bonchev–Trinajstić information content (AvgIpc) is 2.52. The summed E-state index contributed by atoms with van der Waals surface area (Å²) < 4.78 is 11.2. The minimum absolute atomic E-state index is 0.0353. The molecular formula is C20H36O5. The van der Waals surface area contributed by atoms with Crippen LogP contribution in [0.3, 0.4) is 0 Å². The number of aliphatic hydroxyl groups excluding tert-OH is 1. The highest BCUT2D eigenvalue weighted by Crippen LogP contribution is 2.56. The van der Waals surface area contributed by atoms with Gasteiger partial charge in [-0.15, -0.1) is 0 Å². The van der Waals surface area contributed by atoms with Crippen LogP contribution in [0.2, 0.25) is 0 Å². The second-order valence-corrected chi connectivity index (χ2v) is 9.59. The van der Waals surface area contributed by atoms with Crippen LogP contribution in [0, 0.1) is 22.7 Å². The van der Waals surface area contributed by atoms with Crippen LogP contribution in [-0.4, -0.2) is 41.3 Å². The number of ether oxygens (including phenoxy) is 2. The summed E-state index contributed by atoms with van der Waals surface area (Å²) in [6.45, 7) is 17.5. The molecule has 0 radical (unpaired) electrons. The van der Waals surface area contributed by atoms with Crippen molar-refractivity contribution in [1.82, 2.24) is 0 Å². The Hall–Kier alpha value is -0.940. The van der Waals surface area contributed by atoms with E-state index < -0.39 is 17.6 Å². The molecule has 5 nitrogen and oxygen atoms in total. The predicted molar refractivity (Wildman–Crippen MR) is 97.1 cm³/mol. The largest absolute Gasteiger partial charge is 0.460 e. The topological polar surface area (TPSA) is 72.8 Å². The van der Waals surface area contributed by atoms with Gasteiger partial charge in [0.15, 0.2) is 5.78 Å². The van der Waals surface area contributed by atoms with E-state index in [0.29, 0.717) is 13.0 Å².